The van der Waals surface area contributed by atoms with Gasteiger partial charge in [0.05, 0.1) is 0 Å². The second kappa shape index (κ2) is 3.85. The molecule has 0 saturated heterocycles. The van der Waals surface area contributed by atoms with Gasteiger partial charge in [-0.15, -0.1) is 0 Å². The standard InChI is InChI=1S/C16H14O/c1-2-11-7-8-15-13(9-11)10-12-5-3-4-6-14(12)16(15)17/h3-9H,2,10H2,1H3. The molecule has 1 nitrogen and oxygen atoms in total. The lowest BCUT2D eigenvalue weighted by Crippen LogP contribution is -2.15. The van der Waals surface area contributed by atoms with E-state index < -0.39 is 0 Å². The number of fused-ring (bicyclic) bond motifs is 2. The Balaban J connectivity index is 2.16. The molecule has 1 heteroatoms. The lowest BCUT2D eigenvalue weighted by Gasteiger charge is -2.18. The Bertz CT molecular complexity index is 596. The minimum atomic E-state index is 0.171. The van der Waals surface area contributed by atoms with Crippen molar-refractivity contribution in [1.29, 1.82) is 0 Å². The molecule has 0 N–H and O–H groups in total. The summed E-state index contributed by atoms with van der Waals surface area (Å²) in [6.07, 6.45) is 1.90. The van der Waals surface area contributed by atoms with Gasteiger partial charge < -0.3 is 0 Å². The topological polar surface area (TPSA) is 17.1 Å². The van der Waals surface area contributed by atoms with E-state index in [2.05, 4.69) is 25.1 Å². The molecule has 17 heavy (non-hydrogen) atoms. The van der Waals surface area contributed by atoms with E-state index in [4.69, 9.17) is 0 Å². The van der Waals surface area contributed by atoms with Crippen LogP contribution in [0.5, 0.6) is 0 Å². The molecule has 0 bridgehead atoms. The minimum absolute atomic E-state index is 0.171. The van der Waals surface area contributed by atoms with Crippen molar-refractivity contribution in [1.82, 2.24) is 0 Å². The van der Waals surface area contributed by atoms with Crippen LogP contribution in [0.3, 0.4) is 0 Å². The second-order valence-corrected chi connectivity index (χ2v) is 4.51. The van der Waals surface area contributed by atoms with E-state index in [1.807, 2.05) is 24.3 Å². The van der Waals surface area contributed by atoms with Gasteiger partial charge in [-0.25, -0.2) is 0 Å². The van der Waals surface area contributed by atoms with Crippen LogP contribution in [0.15, 0.2) is 42.5 Å². The first-order chi connectivity index (χ1) is 8.29. The van der Waals surface area contributed by atoms with Crippen LogP contribution in [0.4, 0.5) is 0 Å². The zero-order valence-electron chi connectivity index (χ0n) is 9.86. The van der Waals surface area contributed by atoms with Crippen molar-refractivity contribution in [3.8, 4) is 0 Å². The Morgan fingerprint density at radius 1 is 1.00 bits per heavy atom. The highest BCUT2D eigenvalue weighted by Crippen LogP contribution is 2.27. The molecule has 0 atom stereocenters. The third-order valence-corrected chi connectivity index (χ3v) is 3.47. The third-order valence-electron chi connectivity index (χ3n) is 3.47. The summed E-state index contributed by atoms with van der Waals surface area (Å²) in [6, 6.07) is 14.1. The van der Waals surface area contributed by atoms with Crippen LogP contribution in [0.1, 0.15) is 39.5 Å². The third kappa shape index (κ3) is 1.59. The van der Waals surface area contributed by atoms with Crippen molar-refractivity contribution < 1.29 is 4.79 Å². The van der Waals surface area contributed by atoms with Gasteiger partial charge in [0.25, 0.3) is 0 Å². The fourth-order valence-electron chi connectivity index (χ4n) is 2.48. The quantitative estimate of drug-likeness (QED) is 0.617. The summed E-state index contributed by atoms with van der Waals surface area (Å²) in [4.78, 5) is 12.3. The van der Waals surface area contributed by atoms with Gasteiger partial charge in [-0.05, 0) is 29.5 Å². The summed E-state index contributed by atoms with van der Waals surface area (Å²) in [5, 5.41) is 0. The van der Waals surface area contributed by atoms with E-state index in [0.717, 1.165) is 29.5 Å². The number of hydrogen-bond donors (Lipinski definition) is 0. The van der Waals surface area contributed by atoms with Crippen LogP contribution in [-0.2, 0) is 12.8 Å². The minimum Gasteiger partial charge on any atom is -0.289 e. The normalized spacial score (nSPS) is 13.1. The first-order valence-electron chi connectivity index (χ1n) is 6.04. The number of hydrogen-bond acceptors (Lipinski definition) is 1. The molecule has 1 aliphatic rings. The Morgan fingerprint density at radius 2 is 1.76 bits per heavy atom. The van der Waals surface area contributed by atoms with Crippen molar-refractivity contribution in [2.75, 3.05) is 0 Å². The molecule has 0 aliphatic heterocycles. The Hall–Kier alpha value is -1.89. The highest BCUT2D eigenvalue weighted by molar-refractivity contribution is 6.12. The van der Waals surface area contributed by atoms with Gasteiger partial charge >= 0.3 is 0 Å². The summed E-state index contributed by atoms with van der Waals surface area (Å²) < 4.78 is 0. The summed E-state index contributed by atoms with van der Waals surface area (Å²) in [7, 11) is 0. The Kier molecular flexibility index (Phi) is 2.32. The molecule has 3 rings (SSSR count). The van der Waals surface area contributed by atoms with Crippen LogP contribution in [0, 0.1) is 0 Å². The molecular formula is C16H14O. The van der Waals surface area contributed by atoms with Gasteiger partial charge in [0, 0.05) is 11.1 Å². The number of rotatable bonds is 1. The van der Waals surface area contributed by atoms with Crippen LogP contribution in [-0.4, -0.2) is 5.78 Å². The average molecular weight is 222 g/mol. The molecule has 0 heterocycles. The number of ketones is 1. The summed E-state index contributed by atoms with van der Waals surface area (Å²) in [5.41, 5.74) is 5.37. The lowest BCUT2D eigenvalue weighted by atomic mass is 9.84. The molecule has 0 radical (unpaired) electrons. The molecule has 0 unspecified atom stereocenters. The van der Waals surface area contributed by atoms with Crippen molar-refractivity contribution in [3.63, 3.8) is 0 Å². The Morgan fingerprint density at radius 3 is 2.59 bits per heavy atom. The molecule has 0 amide bonds. The van der Waals surface area contributed by atoms with E-state index in [0.29, 0.717) is 0 Å². The highest BCUT2D eigenvalue weighted by Gasteiger charge is 2.22. The largest absolute Gasteiger partial charge is 0.289 e. The monoisotopic (exact) mass is 222 g/mol. The van der Waals surface area contributed by atoms with Crippen LogP contribution in [0.2, 0.25) is 0 Å². The first kappa shape index (κ1) is 10.3. The SMILES string of the molecule is CCc1ccc2c(c1)Cc1ccccc1C2=O. The molecule has 0 aromatic heterocycles. The number of aryl methyl sites for hydroxylation is 1. The molecule has 84 valence electrons. The van der Waals surface area contributed by atoms with Gasteiger partial charge in [0.15, 0.2) is 5.78 Å². The number of carbonyl (C=O) groups is 1. The number of benzene rings is 2. The predicted octanol–water partition coefficient (Wildman–Crippen LogP) is 3.38. The number of carbonyl (C=O) groups excluding carboxylic acids is 1. The van der Waals surface area contributed by atoms with Crippen molar-refractivity contribution in [3.05, 3.63) is 70.3 Å². The predicted molar refractivity (Wildman–Crippen MR) is 68.5 cm³/mol. The van der Waals surface area contributed by atoms with E-state index in [1.165, 1.54) is 11.1 Å². The van der Waals surface area contributed by atoms with Gasteiger partial charge in [0.2, 0.25) is 0 Å². The second-order valence-electron chi connectivity index (χ2n) is 4.51. The van der Waals surface area contributed by atoms with Gasteiger partial charge in [0.1, 0.15) is 0 Å². The van der Waals surface area contributed by atoms with E-state index in [-0.39, 0.29) is 5.78 Å². The molecule has 2 aromatic carbocycles. The molecule has 2 aromatic rings. The zero-order chi connectivity index (χ0) is 11.8. The van der Waals surface area contributed by atoms with E-state index in [9.17, 15) is 4.79 Å². The van der Waals surface area contributed by atoms with Gasteiger partial charge in [-0.2, -0.15) is 0 Å². The molecule has 1 aliphatic carbocycles. The first-order valence-corrected chi connectivity index (χ1v) is 6.04. The maximum Gasteiger partial charge on any atom is 0.193 e. The smallest absolute Gasteiger partial charge is 0.193 e. The van der Waals surface area contributed by atoms with Crippen molar-refractivity contribution in [2.24, 2.45) is 0 Å². The maximum atomic E-state index is 12.3. The molecular weight excluding hydrogens is 208 g/mol. The fourth-order valence-corrected chi connectivity index (χ4v) is 2.48. The van der Waals surface area contributed by atoms with Crippen molar-refractivity contribution in [2.45, 2.75) is 19.8 Å². The van der Waals surface area contributed by atoms with E-state index >= 15 is 0 Å². The summed E-state index contributed by atoms with van der Waals surface area (Å²) >= 11 is 0. The molecule has 0 saturated carbocycles. The average Bonchev–Trinajstić information content (AvgIpc) is 2.38. The fraction of sp³-hybridized carbons (Fsp3) is 0.188. The van der Waals surface area contributed by atoms with E-state index in [1.54, 1.807) is 0 Å². The van der Waals surface area contributed by atoms with Crippen LogP contribution >= 0.6 is 0 Å². The molecule has 0 spiro atoms. The van der Waals surface area contributed by atoms with Gasteiger partial charge in [-0.1, -0.05) is 49.4 Å². The Labute approximate surface area is 101 Å². The van der Waals surface area contributed by atoms with Crippen molar-refractivity contribution >= 4 is 5.78 Å². The maximum absolute atomic E-state index is 12.3. The van der Waals surface area contributed by atoms with Crippen LogP contribution in [0.25, 0.3) is 0 Å². The van der Waals surface area contributed by atoms with Gasteiger partial charge in [-0.3, -0.25) is 4.79 Å². The molecule has 0 fully saturated rings. The lowest BCUT2D eigenvalue weighted by molar-refractivity contribution is 0.103. The highest BCUT2D eigenvalue weighted by atomic mass is 16.1. The van der Waals surface area contributed by atoms with Crippen LogP contribution < -0.4 is 0 Å². The zero-order valence-corrected chi connectivity index (χ0v) is 9.86. The summed E-state index contributed by atoms with van der Waals surface area (Å²) in [6.45, 7) is 2.14. The summed E-state index contributed by atoms with van der Waals surface area (Å²) in [5.74, 6) is 0.171.